The Balaban J connectivity index is 1.76. The van der Waals surface area contributed by atoms with Crippen LogP contribution in [0.1, 0.15) is 16.7 Å². The molecule has 1 aliphatic heterocycles. The molecule has 0 fully saturated rings. The van der Waals surface area contributed by atoms with Gasteiger partial charge in [-0.1, -0.05) is 54.1 Å². The average Bonchev–Trinajstić information content (AvgIpc) is 2.81. The summed E-state index contributed by atoms with van der Waals surface area (Å²) in [6, 6.07) is 15.6. The van der Waals surface area contributed by atoms with Crippen LogP contribution < -0.4 is 5.32 Å². The fraction of sp³-hybridized carbons (Fsp3) is 0.200. The minimum absolute atomic E-state index is 0.0565. The molecular weight excluding hydrogens is 336 g/mol. The molecule has 2 aromatic rings. The van der Waals surface area contributed by atoms with E-state index in [0.29, 0.717) is 13.0 Å². The van der Waals surface area contributed by atoms with Crippen molar-refractivity contribution in [3.63, 3.8) is 0 Å². The van der Waals surface area contributed by atoms with E-state index in [0.717, 1.165) is 22.4 Å². The molecule has 2 aromatic carbocycles. The Kier molecular flexibility index (Phi) is 4.91. The Bertz CT molecular complexity index is 859. The minimum atomic E-state index is -0.449. The maximum Gasteiger partial charge on any atom is 0.278 e. The van der Waals surface area contributed by atoms with Crippen molar-refractivity contribution in [2.24, 2.45) is 0 Å². The molecule has 2 amide bonds. The molecule has 0 bridgehead atoms. The number of anilines is 1. The van der Waals surface area contributed by atoms with E-state index in [1.807, 2.05) is 62.4 Å². The highest BCUT2D eigenvalue weighted by Crippen LogP contribution is 2.27. The van der Waals surface area contributed by atoms with Crippen molar-refractivity contribution >= 4 is 29.1 Å². The number of nitrogens with zero attached hydrogens (tertiary/aromatic N) is 1. The van der Waals surface area contributed by atoms with Gasteiger partial charge in [-0.2, -0.15) is 0 Å². The van der Waals surface area contributed by atoms with Crippen molar-refractivity contribution in [3.05, 3.63) is 76.0 Å². The molecule has 25 heavy (non-hydrogen) atoms. The van der Waals surface area contributed by atoms with Gasteiger partial charge in [-0.05, 0) is 43.0 Å². The number of nitrogens with one attached hydrogen (secondary N) is 1. The second kappa shape index (κ2) is 7.11. The smallest absolute Gasteiger partial charge is 0.278 e. The minimum Gasteiger partial charge on any atom is -0.349 e. The van der Waals surface area contributed by atoms with E-state index in [1.165, 1.54) is 4.90 Å². The number of imide groups is 1. The first kappa shape index (κ1) is 17.2. The Labute approximate surface area is 152 Å². The van der Waals surface area contributed by atoms with E-state index in [9.17, 15) is 9.59 Å². The fourth-order valence-corrected chi connectivity index (χ4v) is 2.98. The molecule has 0 radical (unpaired) electrons. The quantitative estimate of drug-likeness (QED) is 0.831. The maximum atomic E-state index is 12.6. The number of carbonyl (C=O) groups is 2. The predicted molar refractivity (Wildman–Crippen MR) is 99.3 cm³/mol. The predicted octanol–water partition coefficient (Wildman–Crippen LogP) is 3.78. The molecule has 4 nitrogen and oxygen atoms in total. The number of carbonyl (C=O) groups excluding carboxylic acids is 2. The van der Waals surface area contributed by atoms with E-state index < -0.39 is 5.91 Å². The van der Waals surface area contributed by atoms with Gasteiger partial charge in [-0.15, -0.1) is 0 Å². The van der Waals surface area contributed by atoms with Crippen molar-refractivity contribution in [3.8, 4) is 0 Å². The molecule has 3 rings (SSSR count). The molecule has 1 N–H and O–H groups in total. The van der Waals surface area contributed by atoms with Crippen LogP contribution in [-0.2, 0) is 16.0 Å². The lowest BCUT2D eigenvalue weighted by atomic mass is 10.1. The first-order valence-corrected chi connectivity index (χ1v) is 8.49. The lowest BCUT2D eigenvalue weighted by molar-refractivity contribution is -0.137. The number of hydrogen-bond donors (Lipinski definition) is 1. The summed E-state index contributed by atoms with van der Waals surface area (Å²) in [5.74, 6) is -0.831. The first-order chi connectivity index (χ1) is 12.0. The maximum absolute atomic E-state index is 12.6. The molecule has 0 unspecified atom stereocenters. The van der Waals surface area contributed by atoms with Gasteiger partial charge in [0.1, 0.15) is 10.7 Å². The van der Waals surface area contributed by atoms with Gasteiger partial charge in [0.25, 0.3) is 11.8 Å². The van der Waals surface area contributed by atoms with Crippen molar-refractivity contribution in [1.82, 2.24) is 4.90 Å². The molecule has 0 aromatic heterocycles. The molecule has 128 valence electrons. The molecule has 1 aliphatic rings. The van der Waals surface area contributed by atoms with Gasteiger partial charge in [0.2, 0.25) is 0 Å². The third-order valence-electron chi connectivity index (χ3n) is 4.23. The summed E-state index contributed by atoms with van der Waals surface area (Å²) in [7, 11) is 0. The Morgan fingerprint density at radius 2 is 1.72 bits per heavy atom. The number of aryl methyl sites for hydroxylation is 2. The third-order valence-corrected chi connectivity index (χ3v) is 4.58. The zero-order valence-corrected chi connectivity index (χ0v) is 14.9. The summed E-state index contributed by atoms with van der Waals surface area (Å²) in [5, 5.41) is 2.99. The van der Waals surface area contributed by atoms with E-state index in [-0.39, 0.29) is 16.6 Å². The molecule has 5 heteroatoms. The summed E-state index contributed by atoms with van der Waals surface area (Å²) < 4.78 is 0. The molecule has 0 saturated heterocycles. The lowest BCUT2D eigenvalue weighted by Crippen LogP contribution is -2.34. The van der Waals surface area contributed by atoms with Gasteiger partial charge in [-0.25, -0.2) is 0 Å². The Morgan fingerprint density at radius 3 is 2.44 bits per heavy atom. The van der Waals surface area contributed by atoms with E-state index >= 15 is 0 Å². The standard InChI is InChI=1S/C20H19ClN2O2/c1-13-8-9-14(2)16(12-13)22-18-17(21)19(24)23(20(18)25)11-10-15-6-4-3-5-7-15/h3-9,12,22H,10-11H2,1-2H3. The van der Waals surface area contributed by atoms with Crippen LogP contribution in [0.15, 0.2) is 59.3 Å². The van der Waals surface area contributed by atoms with Gasteiger partial charge in [0.15, 0.2) is 0 Å². The van der Waals surface area contributed by atoms with E-state index in [1.54, 1.807) is 0 Å². The van der Waals surface area contributed by atoms with Crippen LogP contribution in [0, 0.1) is 13.8 Å². The highest BCUT2D eigenvalue weighted by molar-refractivity contribution is 6.48. The average molecular weight is 355 g/mol. The lowest BCUT2D eigenvalue weighted by Gasteiger charge is -2.15. The molecule has 1 heterocycles. The third kappa shape index (κ3) is 3.59. The molecule has 0 aliphatic carbocycles. The van der Waals surface area contributed by atoms with Gasteiger partial charge in [0, 0.05) is 12.2 Å². The largest absolute Gasteiger partial charge is 0.349 e. The topological polar surface area (TPSA) is 49.4 Å². The number of hydrogen-bond acceptors (Lipinski definition) is 3. The van der Waals surface area contributed by atoms with Crippen LogP contribution in [0.4, 0.5) is 5.69 Å². The van der Waals surface area contributed by atoms with Crippen LogP contribution >= 0.6 is 11.6 Å². The van der Waals surface area contributed by atoms with Crippen LogP contribution in [0.2, 0.25) is 0 Å². The van der Waals surface area contributed by atoms with Gasteiger partial charge >= 0.3 is 0 Å². The zero-order valence-electron chi connectivity index (χ0n) is 14.2. The zero-order chi connectivity index (χ0) is 18.0. The highest BCUT2D eigenvalue weighted by Gasteiger charge is 2.37. The van der Waals surface area contributed by atoms with Crippen LogP contribution in [0.25, 0.3) is 0 Å². The van der Waals surface area contributed by atoms with Crippen LogP contribution in [0.5, 0.6) is 0 Å². The van der Waals surface area contributed by atoms with Crippen molar-refractivity contribution in [2.45, 2.75) is 20.3 Å². The van der Waals surface area contributed by atoms with Crippen molar-refractivity contribution < 1.29 is 9.59 Å². The SMILES string of the molecule is Cc1ccc(C)c(NC2=C(Cl)C(=O)N(CCc3ccccc3)C2=O)c1. The highest BCUT2D eigenvalue weighted by atomic mass is 35.5. The molecule has 0 spiro atoms. The number of benzene rings is 2. The van der Waals surface area contributed by atoms with Crippen molar-refractivity contribution in [2.75, 3.05) is 11.9 Å². The Hall–Kier alpha value is -2.59. The summed E-state index contributed by atoms with van der Waals surface area (Å²) >= 11 is 6.15. The molecule has 0 saturated carbocycles. The van der Waals surface area contributed by atoms with Gasteiger partial charge in [-0.3, -0.25) is 14.5 Å². The van der Waals surface area contributed by atoms with Gasteiger partial charge in [0.05, 0.1) is 0 Å². The normalized spacial score (nSPS) is 14.4. The van der Waals surface area contributed by atoms with E-state index in [2.05, 4.69) is 5.32 Å². The van der Waals surface area contributed by atoms with Crippen LogP contribution in [0.3, 0.4) is 0 Å². The van der Waals surface area contributed by atoms with Crippen LogP contribution in [-0.4, -0.2) is 23.3 Å². The number of halogens is 1. The summed E-state index contributed by atoms with van der Waals surface area (Å²) in [5.41, 5.74) is 4.02. The molecular formula is C20H19ClN2O2. The van der Waals surface area contributed by atoms with E-state index in [4.69, 9.17) is 11.6 Å². The summed E-state index contributed by atoms with van der Waals surface area (Å²) in [4.78, 5) is 26.2. The Morgan fingerprint density at radius 1 is 1.00 bits per heavy atom. The van der Waals surface area contributed by atoms with Gasteiger partial charge < -0.3 is 5.32 Å². The number of amides is 2. The second-order valence-electron chi connectivity index (χ2n) is 6.13. The summed E-state index contributed by atoms with van der Waals surface area (Å²) in [6.07, 6.45) is 0.596. The van der Waals surface area contributed by atoms with Crippen molar-refractivity contribution in [1.29, 1.82) is 0 Å². The first-order valence-electron chi connectivity index (χ1n) is 8.11. The second-order valence-corrected chi connectivity index (χ2v) is 6.51. The molecule has 0 atom stereocenters. The fourth-order valence-electron chi connectivity index (χ4n) is 2.75. The number of rotatable bonds is 5. The summed E-state index contributed by atoms with van der Waals surface area (Å²) in [6.45, 7) is 4.20. The monoisotopic (exact) mass is 354 g/mol.